The number of rotatable bonds is 2. The van der Waals surface area contributed by atoms with Gasteiger partial charge in [0.15, 0.2) is 0 Å². The molecule has 5 nitrogen and oxygen atoms in total. The molecule has 1 aliphatic heterocycles. The summed E-state index contributed by atoms with van der Waals surface area (Å²) in [4.78, 5) is 25.3. The van der Waals surface area contributed by atoms with Gasteiger partial charge in [0.2, 0.25) is 0 Å². The van der Waals surface area contributed by atoms with Crippen molar-refractivity contribution >= 4 is 22.6 Å². The zero-order chi connectivity index (χ0) is 13.6. The number of hydrogen-bond donors (Lipinski definition) is 2. The van der Waals surface area contributed by atoms with Crippen molar-refractivity contribution in [1.29, 1.82) is 0 Å². The second-order valence-corrected chi connectivity index (χ2v) is 4.35. The highest BCUT2D eigenvalue weighted by Gasteiger charge is 2.37. The molecule has 0 bridgehead atoms. The number of carbonyl (C=O) groups is 2. The van der Waals surface area contributed by atoms with Gasteiger partial charge in [0.05, 0.1) is 24.3 Å². The molecule has 0 spiro atoms. The molecule has 2 amide bonds. The summed E-state index contributed by atoms with van der Waals surface area (Å²) in [7, 11) is 0. The summed E-state index contributed by atoms with van der Waals surface area (Å²) in [5.74, 6) is -0.929. The highest BCUT2D eigenvalue weighted by Crippen LogP contribution is 2.35. The van der Waals surface area contributed by atoms with Crippen LogP contribution in [0.15, 0.2) is 30.3 Å². The molecule has 1 heterocycles. The maximum absolute atomic E-state index is 12.2. The average molecular weight is 257 g/mol. The Morgan fingerprint density at radius 2 is 1.74 bits per heavy atom. The van der Waals surface area contributed by atoms with Crippen molar-refractivity contribution in [2.45, 2.75) is 0 Å². The minimum atomic E-state index is -0.477. The van der Waals surface area contributed by atoms with Crippen LogP contribution in [0.5, 0.6) is 5.75 Å². The van der Waals surface area contributed by atoms with Gasteiger partial charge in [-0.05, 0) is 11.5 Å². The molecule has 3 rings (SSSR count). The third kappa shape index (κ3) is 1.52. The minimum Gasteiger partial charge on any atom is -0.507 e. The first-order valence-corrected chi connectivity index (χ1v) is 5.87. The first-order valence-electron chi connectivity index (χ1n) is 5.87. The summed E-state index contributed by atoms with van der Waals surface area (Å²) in [5, 5.41) is 19.9. The van der Waals surface area contributed by atoms with Crippen LogP contribution in [0.4, 0.5) is 0 Å². The highest BCUT2D eigenvalue weighted by atomic mass is 16.3. The Kier molecular flexibility index (Phi) is 2.50. The molecular formula is C14H11NO4. The summed E-state index contributed by atoms with van der Waals surface area (Å²) >= 11 is 0. The molecule has 0 unspecified atom stereocenters. The maximum atomic E-state index is 12.2. The van der Waals surface area contributed by atoms with Gasteiger partial charge in [0.25, 0.3) is 11.8 Å². The Morgan fingerprint density at radius 1 is 1.05 bits per heavy atom. The van der Waals surface area contributed by atoms with Crippen LogP contribution in [-0.4, -0.2) is 40.1 Å². The lowest BCUT2D eigenvalue weighted by atomic mass is 9.99. The van der Waals surface area contributed by atoms with Crippen LogP contribution in [0.25, 0.3) is 10.8 Å². The predicted molar refractivity (Wildman–Crippen MR) is 68.1 cm³/mol. The topological polar surface area (TPSA) is 77.8 Å². The number of aliphatic hydroxyl groups excluding tert-OH is 1. The fraction of sp³-hybridized carbons (Fsp3) is 0.143. The van der Waals surface area contributed by atoms with Gasteiger partial charge in [0.1, 0.15) is 5.75 Å². The standard InChI is InChI=1S/C14H11NO4/c16-6-5-15-13(18)10-7-11(17)8-3-1-2-4-9(8)12(10)14(15)19/h1-4,7,16-17H,5-6H2. The lowest BCUT2D eigenvalue weighted by Crippen LogP contribution is -2.32. The molecule has 19 heavy (non-hydrogen) atoms. The Bertz CT molecular complexity index is 708. The van der Waals surface area contributed by atoms with Gasteiger partial charge in [-0.2, -0.15) is 0 Å². The van der Waals surface area contributed by atoms with E-state index in [4.69, 9.17) is 5.11 Å². The van der Waals surface area contributed by atoms with E-state index in [1.165, 1.54) is 6.07 Å². The van der Waals surface area contributed by atoms with Crippen molar-refractivity contribution < 1.29 is 19.8 Å². The molecule has 5 heteroatoms. The van der Waals surface area contributed by atoms with E-state index in [2.05, 4.69) is 0 Å². The number of hydrogen-bond acceptors (Lipinski definition) is 4. The van der Waals surface area contributed by atoms with Crippen LogP contribution in [0.3, 0.4) is 0 Å². The Morgan fingerprint density at radius 3 is 2.42 bits per heavy atom. The molecule has 2 N–H and O–H groups in total. The highest BCUT2D eigenvalue weighted by molar-refractivity contribution is 6.27. The van der Waals surface area contributed by atoms with Gasteiger partial charge in [-0.3, -0.25) is 14.5 Å². The zero-order valence-corrected chi connectivity index (χ0v) is 9.96. The molecule has 2 aromatic rings. The van der Waals surface area contributed by atoms with Crippen molar-refractivity contribution in [2.75, 3.05) is 13.2 Å². The number of imide groups is 1. The summed E-state index contributed by atoms with van der Waals surface area (Å²) < 4.78 is 0. The van der Waals surface area contributed by atoms with Crippen LogP contribution in [0.1, 0.15) is 20.7 Å². The van der Waals surface area contributed by atoms with E-state index in [1.807, 2.05) is 0 Å². The third-order valence-corrected chi connectivity index (χ3v) is 3.28. The molecule has 2 aromatic carbocycles. The first kappa shape index (κ1) is 11.7. The number of aliphatic hydroxyl groups is 1. The van der Waals surface area contributed by atoms with E-state index in [0.29, 0.717) is 16.3 Å². The second-order valence-electron chi connectivity index (χ2n) is 4.35. The van der Waals surface area contributed by atoms with Crippen LogP contribution < -0.4 is 0 Å². The summed E-state index contributed by atoms with van der Waals surface area (Å²) in [6, 6.07) is 8.20. The average Bonchev–Trinajstić information content (AvgIpc) is 2.65. The number of phenolic OH excluding ortho intramolecular Hbond substituents is 1. The smallest absolute Gasteiger partial charge is 0.262 e. The number of nitrogens with zero attached hydrogens (tertiary/aromatic N) is 1. The van der Waals surface area contributed by atoms with Crippen molar-refractivity contribution in [1.82, 2.24) is 4.90 Å². The zero-order valence-electron chi connectivity index (χ0n) is 9.96. The molecule has 0 aliphatic carbocycles. The van der Waals surface area contributed by atoms with Gasteiger partial charge in [-0.25, -0.2) is 0 Å². The van der Waals surface area contributed by atoms with Crippen LogP contribution in [0, 0.1) is 0 Å². The number of aromatic hydroxyl groups is 1. The summed E-state index contributed by atoms with van der Waals surface area (Å²) in [6.45, 7) is -0.323. The quantitative estimate of drug-likeness (QED) is 0.791. The molecule has 0 saturated carbocycles. The lowest BCUT2D eigenvalue weighted by molar-refractivity contribution is 0.0624. The fourth-order valence-corrected chi connectivity index (χ4v) is 2.43. The molecule has 0 aromatic heterocycles. The Hall–Kier alpha value is -2.40. The van der Waals surface area contributed by atoms with Gasteiger partial charge >= 0.3 is 0 Å². The van der Waals surface area contributed by atoms with E-state index in [1.54, 1.807) is 24.3 Å². The van der Waals surface area contributed by atoms with Crippen molar-refractivity contribution in [3.8, 4) is 5.75 Å². The number of benzene rings is 2. The largest absolute Gasteiger partial charge is 0.507 e. The number of phenols is 1. The second kappa shape index (κ2) is 4.07. The minimum absolute atomic E-state index is 0.0265. The van der Waals surface area contributed by atoms with E-state index < -0.39 is 11.8 Å². The van der Waals surface area contributed by atoms with Gasteiger partial charge in [-0.1, -0.05) is 24.3 Å². The van der Waals surface area contributed by atoms with E-state index >= 15 is 0 Å². The lowest BCUT2D eigenvalue weighted by Gasteiger charge is -2.10. The van der Waals surface area contributed by atoms with Crippen molar-refractivity contribution in [3.05, 3.63) is 41.5 Å². The third-order valence-electron chi connectivity index (χ3n) is 3.28. The Labute approximate surface area is 108 Å². The molecule has 0 saturated heterocycles. The normalized spacial score (nSPS) is 14.3. The Balaban J connectivity index is 2.31. The number of amides is 2. The van der Waals surface area contributed by atoms with E-state index in [9.17, 15) is 14.7 Å². The van der Waals surface area contributed by atoms with Gasteiger partial charge < -0.3 is 10.2 Å². The van der Waals surface area contributed by atoms with Gasteiger partial charge in [-0.15, -0.1) is 0 Å². The molecule has 96 valence electrons. The van der Waals surface area contributed by atoms with Crippen LogP contribution in [0.2, 0.25) is 0 Å². The van der Waals surface area contributed by atoms with Crippen LogP contribution >= 0.6 is 0 Å². The number of β-amino-alcohol motifs (C(OH)–C–C–N with tert-alkyl or cyclic N) is 1. The van der Waals surface area contributed by atoms with Crippen molar-refractivity contribution in [3.63, 3.8) is 0 Å². The fourth-order valence-electron chi connectivity index (χ4n) is 2.43. The molecule has 0 radical (unpaired) electrons. The molecule has 0 fully saturated rings. The molecule has 0 atom stereocenters. The van der Waals surface area contributed by atoms with Crippen molar-refractivity contribution in [2.24, 2.45) is 0 Å². The van der Waals surface area contributed by atoms with Gasteiger partial charge in [0, 0.05) is 5.39 Å². The summed E-state index contributed by atoms with van der Waals surface area (Å²) in [5.41, 5.74) is 0.488. The monoisotopic (exact) mass is 257 g/mol. The van der Waals surface area contributed by atoms with E-state index in [-0.39, 0.29) is 24.5 Å². The molecular weight excluding hydrogens is 246 g/mol. The first-order chi connectivity index (χ1) is 9.15. The predicted octanol–water partition coefficient (Wildman–Crippen LogP) is 1.13. The SMILES string of the molecule is O=C1c2cc(O)c3ccccc3c2C(=O)N1CCO. The molecule has 1 aliphatic rings. The number of carbonyl (C=O) groups excluding carboxylic acids is 2. The maximum Gasteiger partial charge on any atom is 0.262 e. The van der Waals surface area contributed by atoms with Crippen LogP contribution in [-0.2, 0) is 0 Å². The summed E-state index contributed by atoms with van der Waals surface area (Å²) in [6.07, 6.45) is 0. The van der Waals surface area contributed by atoms with E-state index in [0.717, 1.165) is 4.90 Å². The number of fused-ring (bicyclic) bond motifs is 3.